The Kier molecular flexibility index (Phi) is 11.6. The van der Waals surface area contributed by atoms with Crippen molar-refractivity contribution in [2.75, 3.05) is 10.6 Å². The fourth-order valence-electron chi connectivity index (χ4n) is 5.15. The second kappa shape index (κ2) is 16.1. The maximum absolute atomic E-state index is 13.6. The Morgan fingerprint density at radius 1 is 0.679 bits per heavy atom. The SMILES string of the molecule is Cn1cc(C(=O)Nc2ccccc2-c2cc(F)c(F)c(F)c2)c(C(F)Cl)n1.Cn1cc(C(=O)Nc2ccccc2-c2cc(F)c(F)c(F)c2)c(CF)n1. The summed E-state index contributed by atoms with van der Waals surface area (Å²) in [5.41, 5.74) is -1.29. The van der Waals surface area contributed by atoms with E-state index in [4.69, 9.17) is 11.6 Å². The molecule has 0 spiro atoms. The predicted molar refractivity (Wildman–Crippen MR) is 180 cm³/mol. The first-order valence-electron chi connectivity index (χ1n) is 15.2. The number of para-hydroxylation sites is 2. The van der Waals surface area contributed by atoms with Crippen LogP contribution in [-0.2, 0) is 20.8 Å². The third kappa shape index (κ3) is 8.55. The Labute approximate surface area is 300 Å². The minimum atomic E-state index is -1.98. The van der Waals surface area contributed by atoms with Gasteiger partial charge in [-0.2, -0.15) is 10.2 Å². The van der Waals surface area contributed by atoms with E-state index in [9.17, 15) is 44.7 Å². The van der Waals surface area contributed by atoms with Crippen molar-refractivity contribution in [2.24, 2.45) is 14.1 Å². The zero-order valence-electron chi connectivity index (χ0n) is 27.4. The van der Waals surface area contributed by atoms with E-state index in [-0.39, 0.29) is 56.1 Å². The lowest BCUT2D eigenvalue weighted by Crippen LogP contribution is -2.14. The Balaban J connectivity index is 0.000000204. The third-order valence-corrected chi connectivity index (χ3v) is 7.73. The molecule has 4 aromatic carbocycles. The molecule has 8 nitrogen and oxygen atoms in total. The third-order valence-electron chi connectivity index (χ3n) is 7.53. The van der Waals surface area contributed by atoms with Gasteiger partial charge in [-0.15, -0.1) is 0 Å². The summed E-state index contributed by atoms with van der Waals surface area (Å²) in [4.78, 5) is 25.0. The van der Waals surface area contributed by atoms with Crippen LogP contribution in [0.4, 0.5) is 46.5 Å². The molecule has 6 aromatic rings. The van der Waals surface area contributed by atoms with Crippen molar-refractivity contribution in [2.45, 2.75) is 12.3 Å². The molecule has 2 amide bonds. The minimum Gasteiger partial charge on any atom is -0.321 e. The highest BCUT2D eigenvalue weighted by molar-refractivity contribution is 6.20. The first kappa shape index (κ1) is 38.2. The van der Waals surface area contributed by atoms with Crippen LogP contribution >= 0.6 is 11.6 Å². The number of aromatic nitrogens is 4. The molecule has 1 unspecified atom stereocenters. The smallest absolute Gasteiger partial charge is 0.259 e. The summed E-state index contributed by atoms with van der Waals surface area (Å²) in [5, 5.41) is 12.7. The zero-order chi connectivity index (χ0) is 38.6. The Bertz CT molecular complexity index is 2280. The fourth-order valence-corrected chi connectivity index (χ4v) is 5.31. The van der Waals surface area contributed by atoms with Crippen LogP contribution in [0.5, 0.6) is 0 Å². The van der Waals surface area contributed by atoms with Crippen LogP contribution in [0.15, 0.2) is 85.2 Å². The number of benzene rings is 4. The molecule has 0 aliphatic rings. The van der Waals surface area contributed by atoms with E-state index in [1.807, 2.05) is 0 Å². The monoisotopic (exact) mass is 760 g/mol. The highest BCUT2D eigenvalue weighted by Crippen LogP contribution is 2.33. The van der Waals surface area contributed by atoms with Crippen LogP contribution in [-0.4, -0.2) is 31.4 Å². The summed E-state index contributed by atoms with van der Waals surface area (Å²) >= 11 is 5.40. The van der Waals surface area contributed by atoms with Crippen LogP contribution < -0.4 is 10.6 Å². The molecule has 2 heterocycles. The highest BCUT2D eigenvalue weighted by atomic mass is 35.5. The van der Waals surface area contributed by atoms with Gasteiger partial charge in [-0.25, -0.2) is 35.1 Å². The Hall–Kier alpha value is -6.03. The average Bonchev–Trinajstić information content (AvgIpc) is 3.72. The molecule has 0 aliphatic heterocycles. The van der Waals surface area contributed by atoms with Crippen molar-refractivity contribution in [3.63, 3.8) is 0 Å². The van der Waals surface area contributed by atoms with Crippen LogP contribution in [0.2, 0.25) is 0 Å². The molecule has 53 heavy (non-hydrogen) atoms. The average molecular weight is 761 g/mol. The Morgan fingerprint density at radius 2 is 1.08 bits per heavy atom. The second-order valence-electron chi connectivity index (χ2n) is 11.2. The van der Waals surface area contributed by atoms with Crippen molar-refractivity contribution in [3.05, 3.63) is 143 Å². The number of carbonyl (C=O) groups is 2. The number of nitrogens with one attached hydrogen (secondary N) is 2. The molecular formula is C36H25ClF8N6O2. The van der Waals surface area contributed by atoms with Crippen LogP contribution in [0.1, 0.15) is 37.7 Å². The van der Waals surface area contributed by atoms with E-state index in [2.05, 4.69) is 20.8 Å². The maximum Gasteiger partial charge on any atom is 0.259 e. The molecule has 274 valence electrons. The van der Waals surface area contributed by atoms with Gasteiger partial charge in [0.1, 0.15) is 18.1 Å². The first-order valence-corrected chi connectivity index (χ1v) is 15.6. The predicted octanol–water partition coefficient (Wildman–Crippen LogP) is 9.19. The summed E-state index contributed by atoms with van der Waals surface area (Å²) < 4.78 is 110. The molecule has 0 bridgehead atoms. The second-order valence-corrected chi connectivity index (χ2v) is 11.6. The van der Waals surface area contributed by atoms with E-state index >= 15 is 0 Å². The van der Waals surface area contributed by atoms with Crippen molar-refractivity contribution in [3.8, 4) is 22.3 Å². The molecule has 0 saturated heterocycles. The maximum atomic E-state index is 13.6. The fraction of sp³-hybridized carbons (Fsp3) is 0.111. The van der Waals surface area contributed by atoms with Gasteiger partial charge in [-0.1, -0.05) is 48.0 Å². The number of rotatable bonds is 8. The van der Waals surface area contributed by atoms with Crippen molar-refractivity contribution < 1.29 is 44.7 Å². The zero-order valence-corrected chi connectivity index (χ0v) is 28.1. The van der Waals surface area contributed by atoms with Crippen molar-refractivity contribution >= 4 is 34.8 Å². The van der Waals surface area contributed by atoms with Gasteiger partial charge in [0.05, 0.1) is 11.1 Å². The molecule has 1 atom stereocenters. The number of carbonyl (C=O) groups excluding carboxylic acids is 2. The molecule has 0 fully saturated rings. The van der Waals surface area contributed by atoms with E-state index in [1.54, 1.807) is 31.3 Å². The van der Waals surface area contributed by atoms with Crippen molar-refractivity contribution in [1.29, 1.82) is 0 Å². The molecule has 17 heteroatoms. The number of alkyl halides is 3. The summed E-state index contributed by atoms with van der Waals surface area (Å²) in [5.74, 6) is -9.89. The van der Waals surface area contributed by atoms with Gasteiger partial charge >= 0.3 is 0 Å². The summed E-state index contributed by atoms with van der Waals surface area (Å²) in [6.45, 7) is -0.917. The van der Waals surface area contributed by atoms with Gasteiger partial charge in [-0.3, -0.25) is 19.0 Å². The van der Waals surface area contributed by atoms with E-state index in [0.717, 1.165) is 24.3 Å². The first-order chi connectivity index (χ1) is 25.2. The molecule has 0 aliphatic carbocycles. The van der Waals surface area contributed by atoms with Gasteiger partial charge < -0.3 is 10.6 Å². The lowest BCUT2D eigenvalue weighted by molar-refractivity contribution is 0.101. The molecule has 6 rings (SSSR count). The van der Waals surface area contributed by atoms with Gasteiger partial charge in [0.2, 0.25) is 5.63 Å². The number of aryl methyl sites for hydroxylation is 2. The van der Waals surface area contributed by atoms with Gasteiger partial charge in [0, 0.05) is 49.0 Å². The number of nitrogens with zero attached hydrogens (tertiary/aromatic N) is 4. The number of hydrogen-bond donors (Lipinski definition) is 2. The summed E-state index contributed by atoms with van der Waals surface area (Å²) in [7, 11) is 3.05. The van der Waals surface area contributed by atoms with Gasteiger partial charge in [0.15, 0.2) is 34.9 Å². The number of amides is 2. The normalized spacial score (nSPS) is 11.5. The number of halogens is 9. The van der Waals surface area contributed by atoms with Gasteiger partial charge in [0.25, 0.3) is 11.8 Å². The summed E-state index contributed by atoms with van der Waals surface area (Å²) in [6.07, 6.45) is 2.66. The van der Waals surface area contributed by atoms with E-state index in [0.29, 0.717) is 0 Å². The van der Waals surface area contributed by atoms with Crippen molar-refractivity contribution in [1.82, 2.24) is 19.6 Å². The quantitative estimate of drug-likeness (QED) is 0.0920. The van der Waals surface area contributed by atoms with Crippen LogP contribution in [0.3, 0.4) is 0 Å². The standard InChI is InChI=1S/C18H12ClF4N3O.C18H13F4N3O/c1-26-8-11(16(25-26)17(19)23)18(27)24-14-5-3-2-4-10(14)9-6-12(20)15(22)13(21)7-9;1-25-9-12(16(8-19)24-25)18(26)23-15-5-3-2-4-11(15)10-6-13(20)17(22)14(21)7-10/h2-8,17H,1H3,(H,24,27);2-7,9H,8H2,1H3,(H,23,26). The number of hydrogen-bond acceptors (Lipinski definition) is 4. The molecule has 2 N–H and O–H groups in total. The lowest BCUT2D eigenvalue weighted by atomic mass is 10.0. The molecule has 0 saturated carbocycles. The Morgan fingerprint density at radius 3 is 1.51 bits per heavy atom. The van der Waals surface area contributed by atoms with E-state index < -0.39 is 59.0 Å². The van der Waals surface area contributed by atoms with Crippen LogP contribution in [0.25, 0.3) is 22.3 Å². The topological polar surface area (TPSA) is 93.8 Å². The number of anilines is 2. The highest BCUT2D eigenvalue weighted by Gasteiger charge is 2.23. The summed E-state index contributed by atoms with van der Waals surface area (Å²) in [6, 6.07) is 15.7. The van der Waals surface area contributed by atoms with Crippen LogP contribution in [0, 0.1) is 34.9 Å². The largest absolute Gasteiger partial charge is 0.321 e. The van der Waals surface area contributed by atoms with E-state index in [1.165, 1.54) is 53.1 Å². The van der Waals surface area contributed by atoms with Gasteiger partial charge in [-0.05, 0) is 47.5 Å². The molecule has 0 radical (unpaired) electrons. The minimum absolute atomic E-state index is 0.0226. The molecule has 2 aromatic heterocycles. The lowest BCUT2D eigenvalue weighted by Gasteiger charge is -2.12. The molecular weight excluding hydrogens is 736 g/mol.